The second kappa shape index (κ2) is 9.33. The quantitative estimate of drug-likeness (QED) is 0.832. The number of carbonyl (C=O) groups is 2. The van der Waals surface area contributed by atoms with Gasteiger partial charge in [-0.05, 0) is 62.4 Å². The summed E-state index contributed by atoms with van der Waals surface area (Å²) in [6.45, 7) is 8.52. The SMILES string of the molecule is Cc1c(NC(=O)CC(C)C2CCCNC2)cccc1C(=O)N1CCOCC1. The highest BCUT2D eigenvalue weighted by Crippen LogP contribution is 2.25. The average Bonchev–Trinajstić information content (AvgIpc) is 2.70. The molecule has 0 aromatic heterocycles. The second-order valence-corrected chi connectivity index (χ2v) is 7.72. The Morgan fingerprint density at radius 2 is 2.11 bits per heavy atom. The van der Waals surface area contributed by atoms with Crippen molar-refractivity contribution >= 4 is 17.5 Å². The smallest absolute Gasteiger partial charge is 0.254 e. The van der Waals surface area contributed by atoms with Crippen molar-refractivity contribution in [3.63, 3.8) is 0 Å². The van der Waals surface area contributed by atoms with E-state index in [1.807, 2.05) is 30.0 Å². The van der Waals surface area contributed by atoms with Crippen molar-refractivity contribution in [2.75, 3.05) is 44.7 Å². The lowest BCUT2D eigenvalue weighted by Gasteiger charge is -2.28. The normalized spacial score (nSPS) is 21.6. The van der Waals surface area contributed by atoms with Crippen LogP contribution in [0.15, 0.2) is 18.2 Å². The van der Waals surface area contributed by atoms with E-state index in [0.717, 1.165) is 24.3 Å². The second-order valence-electron chi connectivity index (χ2n) is 7.72. The maximum atomic E-state index is 12.8. The van der Waals surface area contributed by atoms with Crippen LogP contribution in [0, 0.1) is 18.8 Å². The van der Waals surface area contributed by atoms with Crippen molar-refractivity contribution in [3.8, 4) is 0 Å². The molecule has 2 unspecified atom stereocenters. The summed E-state index contributed by atoms with van der Waals surface area (Å²) in [6, 6.07) is 5.54. The van der Waals surface area contributed by atoms with Crippen LogP contribution in [0.5, 0.6) is 0 Å². The van der Waals surface area contributed by atoms with E-state index < -0.39 is 0 Å². The molecule has 2 aliphatic heterocycles. The molecule has 0 saturated carbocycles. The first-order valence-electron chi connectivity index (χ1n) is 10.0. The first-order chi connectivity index (χ1) is 13.1. The summed E-state index contributed by atoms with van der Waals surface area (Å²) in [6.07, 6.45) is 2.87. The van der Waals surface area contributed by atoms with Gasteiger partial charge in [-0.15, -0.1) is 0 Å². The number of morpholine rings is 1. The molecule has 1 aromatic rings. The van der Waals surface area contributed by atoms with Gasteiger partial charge in [-0.2, -0.15) is 0 Å². The van der Waals surface area contributed by atoms with Gasteiger partial charge in [0.05, 0.1) is 13.2 Å². The summed E-state index contributed by atoms with van der Waals surface area (Å²) in [5.74, 6) is 0.928. The molecule has 2 heterocycles. The zero-order valence-electron chi connectivity index (χ0n) is 16.4. The van der Waals surface area contributed by atoms with Crippen molar-refractivity contribution in [3.05, 3.63) is 29.3 Å². The van der Waals surface area contributed by atoms with Crippen molar-refractivity contribution in [1.82, 2.24) is 10.2 Å². The summed E-state index contributed by atoms with van der Waals surface area (Å²) in [5, 5.41) is 6.44. The maximum absolute atomic E-state index is 12.8. The number of nitrogens with zero attached hydrogens (tertiary/aromatic N) is 1. The molecule has 0 aliphatic carbocycles. The number of carbonyl (C=O) groups excluding carboxylic acids is 2. The van der Waals surface area contributed by atoms with E-state index in [0.29, 0.717) is 50.1 Å². The van der Waals surface area contributed by atoms with Gasteiger partial charge in [-0.25, -0.2) is 0 Å². The fourth-order valence-electron chi connectivity index (χ4n) is 3.96. The summed E-state index contributed by atoms with van der Waals surface area (Å²) in [5.41, 5.74) is 2.21. The number of piperidine rings is 1. The molecule has 2 fully saturated rings. The number of nitrogens with one attached hydrogen (secondary N) is 2. The summed E-state index contributed by atoms with van der Waals surface area (Å²) >= 11 is 0. The van der Waals surface area contributed by atoms with E-state index >= 15 is 0 Å². The van der Waals surface area contributed by atoms with Crippen LogP contribution in [0.4, 0.5) is 5.69 Å². The molecule has 27 heavy (non-hydrogen) atoms. The van der Waals surface area contributed by atoms with Crippen molar-refractivity contribution in [2.24, 2.45) is 11.8 Å². The van der Waals surface area contributed by atoms with Gasteiger partial charge in [0.15, 0.2) is 0 Å². The number of benzene rings is 1. The third kappa shape index (κ3) is 5.08. The number of hydrogen-bond acceptors (Lipinski definition) is 4. The summed E-state index contributed by atoms with van der Waals surface area (Å²) < 4.78 is 5.32. The Labute approximate surface area is 161 Å². The van der Waals surface area contributed by atoms with E-state index in [1.54, 1.807) is 0 Å². The zero-order valence-corrected chi connectivity index (χ0v) is 16.4. The summed E-state index contributed by atoms with van der Waals surface area (Å²) in [4.78, 5) is 27.2. The molecule has 148 valence electrons. The molecule has 2 aliphatic rings. The van der Waals surface area contributed by atoms with E-state index in [-0.39, 0.29) is 11.8 Å². The lowest BCUT2D eigenvalue weighted by atomic mass is 9.85. The van der Waals surface area contributed by atoms with Gasteiger partial charge in [0.25, 0.3) is 5.91 Å². The molecule has 2 amide bonds. The Balaban J connectivity index is 1.62. The first kappa shape index (κ1) is 19.8. The Hall–Kier alpha value is -1.92. The molecule has 6 nitrogen and oxygen atoms in total. The highest BCUT2D eigenvalue weighted by atomic mass is 16.5. The van der Waals surface area contributed by atoms with Gasteiger partial charge in [0.2, 0.25) is 5.91 Å². The van der Waals surface area contributed by atoms with Gasteiger partial charge in [-0.1, -0.05) is 13.0 Å². The van der Waals surface area contributed by atoms with Crippen molar-refractivity contribution in [1.29, 1.82) is 0 Å². The third-order valence-corrected chi connectivity index (χ3v) is 5.78. The molecule has 2 atom stereocenters. The Morgan fingerprint density at radius 1 is 1.33 bits per heavy atom. The van der Waals surface area contributed by atoms with Crippen LogP contribution in [0.2, 0.25) is 0 Å². The minimum atomic E-state index is 0.00791. The van der Waals surface area contributed by atoms with Crippen LogP contribution in [0.3, 0.4) is 0 Å². The number of amides is 2. The lowest BCUT2D eigenvalue weighted by molar-refractivity contribution is -0.117. The van der Waals surface area contributed by atoms with Crippen molar-refractivity contribution in [2.45, 2.75) is 33.1 Å². The lowest BCUT2D eigenvalue weighted by Crippen LogP contribution is -2.41. The molecule has 0 spiro atoms. The van der Waals surface area contributed by atoms with Gasteiger partial charge in [0, 0.05) is 30.8 Å². The highest BCUT2D eigenvalue weighted by Gasteiger charge is 2.24. The Kier molecular flexibility index (Phi) is 6.85. The van der Waals surface area contributed by atoms with E-state index in [4.69, 9.17) is 4.74 Å². The van der Waals surface area contributed by atoms with Crippen LogP contribution in [-0.4, -0.2) is 56.1 Å². The monoisotopic (exact) mass is 373 g/mol. The van der Waals surface area contributed by atoms with Crippen molar-refractivity contribution < 1.29 is 14.3 Å². The molecular formula is C21H31N3O3. The highest BCUT2D eigenvalue weighted by molar-refractivity contribution is 5.99. The molecule has 2 saturated heterocycles. The predicted molar refractivity (Wildman–Crippen MR) is 106 cm³/mol. The molecule has 3 rings (SSSR count). The Morgan fingerprint density at radius 3 is 2.81 bits per heavy atom. The van der Waals surface area contributed by atoms with E-state index in [2.05, 4.69) is 17.6 Å². The molecule has 1 aromatic carbocycles. The van der Waals surface area contributed by atoms with Gasteiger partial charge >= 0.3 is 0 Å². The minimum absolute atomic E-state index is 0.00791. The van der Waals surface area contributed by atoms with E-state index in [9.17, 15) is 9.59 Å². The van der Waals surface area contributed by atoms with Crippen LogP contribution in [-0.2, 0) is 9.53 Å². The predicted octanol–water partition coefficient (Wildman–Crippen LogP) is 2.43. The van der Waals surface area contributed by atoms with E-state index in [1.165, 1.54) is 12.8 Å². The standard InChI is InChI=1S/C21H31N3O3/c1-15(17-5-4-8-22-14-17)13-20(25)23-19-7-3-6-18(16(19)2)21(26)24-9-11-27-12-10-24/h3,6-7,15,17,22H,4-5,8-14H2,1-2H3,(H,23,25). The topological polar surface area (TPSA) is 70.7 Å². The van der Waals surface area contributed by atoms with Crippen LogP contribution >= 0.6 is 0 Å². The molecule has 0 radical (unpaired) electrons. The maximum Gasteiger partial charge on any atom is 0.254 e. The largest absolute Gasteiger partial charge is 0.378 e. The number of anilines is 1. The van der Waals surface area contributed by atoms with Gasteiger partial charge in [0.1, 0.15) is 0 Å². The summed E-state index contributed by atoms with van der Waals surface area (Å²) in [7, 11) is 0. The number of rotatable bonds is 5. The van der Waals surface area contributed by atoms with Crippen LogP contribution in [0.25, 0.3) is 0 Å². The van der Waals surface area contributed by atoms with Gasteiger partial charge < -0.3 is 20.3 Å². The number of hydrogen-bond donors (Lipinski definition) is 2. The Bertz CT molecular complexity index is 665. The molecule has 6 heteroatoms. The zero-order chi connectivity index (χ0) is 19.2. The molecule has 2 N–H and O–H groups in total. The third-order valence-electron chi connectivity index (χ3n) is 5.78. The van der Waals surface area contributed by atoms with Crippen LogP contribution in [0.1, 0.15) is 42.1 Å². The van der Waals surface area contributed by atoms with Crippen LogP contribution < -0.4 is 10.6 Å². The molecule has 0 bridgehead atoms. The fraction of sp³-hybridized carbons (Fsp3) is 0.619. The minimum Gasteiger partial charge on any atom is -0.378 e. The van der Waals surface area contributed by atoms with Gasteiger partial charge in [-0.3, -0.25) is 9.59 Å². The number of ether oxygens (including phenoxy) is 1. The first-order valence-corrected chi connectivity index (χ1v) is 10.0. The fourth-order valence-corrected chi connectivity index (χ4v) is 3.96. The molecular weight excluding hydrogens is 342 g/mol. The average molecular weight is 373 g/mol.